The van der Waals surface area contributed by atoms with Crippen LogP contribution in [0.1, 0.15) is 255 Å². The maximum Gasteiger partial charge on any atom is 0.104 e. The summed E-state index contributed by atoms with van der Waals surface area (Å²) in [7, 11) is 0. The average Bonchev–Trinajstić information content (AvgIpc) is 3.13. The van der Waals surface area contributed by atoms with E-state index < -0.39 is 0 Å². The van der Waals surface area contributed by atoms with Gasteiger partial charge in [0.15, 0.2) is 0 Å². The largest absolute Gasteiger partial charge is 0.377 e. The highest BCUT2D eigenvalue weighted by Crippen LogP contribution is 2.06. The molecule has 0 saturated carbocycles. The van der Waals surface area contributed by atoms with Gasteiger partial charge in [0.05, 0.1) is 130 Å². The third kappa shape index (κ3) is 87.6. The molecule has 456 valence electrons. The summed E-state index contributed by atoms with van der Waals surface area (Å²) in [5.74, 6) is 0. The average molecular weight is 1030 g/mol. The fourth-order valence-corrected chi connectivity index (χ4v) is 4.99. The fraction of sp³-hybridized carbons (Fsp3) is 1.00. The molecule has 0 heterocycles. The van der Waals surface area contributed by atoms with Gasteiger partial charge in [-0.25, -0.2) is 0 Å². The van der Waals surface area contributed by atoms with Crippen molar-refractivity contribution < 1.29 is 52.1 Å². The standard InChI is InChI=1S/C38H78O11.20CH4/c1-9-33(10-2)44-25-19-40-29-37(30-41-20-26-45-34(11-3)12-4)48-23-17-39-18-24-49-38(31-42-21-27-46-35(13-5)14-6)32-43-22-28-47-36(15-7)16-8;;;;;;;;;;;;;;;;;;;;/h33-38H,9-32H2,1-8H3;20*1H4. The minimum atomic E-state index is -0.206. The van der Waals surface area contributed by atoms with Crippen LogP contribution in [0.15, 0.2) is 0 Å². The van der Waals surface area contributed by atoms with E-state index >= 15 is 0 Å². The van der Waals surface area contributed by atoms with Crippen molar-refractivity contribution >= 4 is 0 Å². The molecule has 0 bridgehead atoms. The molecule has 0 spiro atoms. The van der Waals surface area contributed by atoms with Crippen molar-refractivity contribution in [2.75, 3.05) is 106 Å². The van der Waals surface area contributed by atoms with Gasteiger partial charge >= 0.3 is 0 Å². The minimum Gasteiger partial charge on any atom is -0.377 e. The van der Waals surface area contributed by atoms with Crippen molar-refractivity contribution in [1.29, 1.82) is 0 Å². The molecule has 0 fully saturated rings. The van der Waals surface area contributed by atoms with Gasteiger partial charge in [-0.15, -0.1) is 0 Å². The van der Waals surface area contributed by atoms with E-state index in [9.17, 15) is 0 Å². The van der Waals surface area contributed by atoms with Crippen LogP contribution in [0.4, 0.5) is 0 Å². The van der Waals surface area contributed by atoms with Crippen molar-refractivity contribution in [2.24, 2.45) is 0 Å². The first-order chi connectivity index (χ1) is 24.0. The van der Waals surface area contributed by atoms with E-state index in [2.05, 4.69) is 55.4 Å². The Labute approximate surface area is 448 Å². The molecule has 0 aromatic heterocycles. The van der Waals surface area contributed by atoms with Crippen LogP contribution in [0, 0.1) is 0 Å². The Morgan fingerprint density at radius 1 is 0.174 bits per heavy atom. The predicted molar refractivity (Wildman–Crippen MR) is 329 cm³/mol. The predicted octanol–water partition coefficient (Wildman–Crippen LogP) is 19.4. The van der Waals surface area contributed by atoms with Crippen molar-refractivity contribution in [3.8, 4) is 0 Å². The second-order valence-electron chi connectivity index (χ2n) is 12.1. The molecule has 0 aromatic carbocycles. The molecule has 11 heteroatoms. The highest BCUT2D eigenvalue weighted by atomic mass is 16.6. The maximum atomic E-state index is 6.07. The topological polar surface area (TPSA) is 102 Å². The summed E-state index contributed by atoms with van der Waals surface area (Å²) < 4.78 is 64.9. The molecule has 0 aliphatic carbocycles. The lowest BCUT2D eigenvalue weighted by molar-refractivity contribution is -0.101. The fourth-order valence-electron chi connectivity index (χ4n) is 4.99. The molecule has 0 amide bonds. The van der Waals surface area contributed by atoms with Gasteiger partial charge in [0, 0.05) is 0 Å². The molecule has 0 rings (SSSR count). The normalized spacial score (nSPS) is 8.78. The van der Waals surface area contributed by atoms with E-state index in [0.717, 1.165) is 51.4 Å². The molecule has 69 heavy (non-hydrogen) atoms. The van der Waals surface area contributed by atoms with Crippen LogP contribution in [0.2, 0.25) is 0 Å². The Balaban J connectivity index is -0.0000000606. The van der Waals surface area contributed by atoms with E-state index in [1.165, 1.54) is 0 Å². The molecule has 0 atom stereocenters. The van der Waals surface area contributed by atoms with Crippen LogP contribution in [0.25, 0.3) is 0 Å². The van der Waals surface area contributed by atoms with Gasteiger partial charge in [-0.1, -0.05) is 204 Å². The summed E-state index contributed by atoms with van der Waals surface area (Å²) in [6.45, 7) is 24.9. The van der Waals surface area contributed by atoms with Crippen LogP contribution < -0.4 is 0 Å². The van der Waals surface area contributed by atoms with Gasteiger partial charge in [-0.2, -0.15) is 0 Å². The van der Waals surface area contributed by atoms with E-state index in [-0.39, 0.29) is 185 Å². The molecule has 0 aromatic rings. The summed E-state index contributed by atoms with van der Waals surface area (Å²) in [6.07, 6.45) is 8.75. The van der Waals surface area contributed by atoms with Crippen LogP contribution in [-0.4, -0.2) is 142 Å². The number of hydrogen-bond donors (Lipinski definition) is 0. The molecule has 0 aliphatic heterocycles. The quantitative estimate of drug-likeness (QED) is 0.0548. The molecule has 0 saturated heterocycles. The van der Waals surface area contributed by atoms with E-state index in [1.54, 1.807) is 0 Å². The van der Waals surface area contributed by atoms with Gasteiger partial charge in [0.2, 0.25) is 0 Å². The van der Waals surface area contributed by atoms with E-state index in [1.807, 2.05) is 0 Å². The summed E-state index contributed by atoms with van der Waals surface area (Å²) in [4.78, 5) is 0. The van der Waals surface area contributed by atoms with Crippen molar-refractivity contribution in [3.63, 3.8) is 0 Å². The number of hydrogen-bond acceptors (Lipinski definition) is 11. The Morgan fingerprint density at radius 2 is 0.304 bits per heavy atom. The highest BCUT2D eigenvalue weighted by molar-refractivity contribution is 4.59. The van der Waals surface area contributed by atoms with Gasteiger partial charge < -0.3 is 52.1 Å². The van der Waals surface area contributed by atoms with Gasteiger partial charge in [0.1, 0.15) is 12.2 Å². The minimum absolute atomic E-state index is 0. The summed E-state index contributed by atoms with van der Waals surface area (Å²) in [5.41, 5.74) is 0. The van der Waals surface area contributed by atoms with Crippen LogP contribution in [-0.2, 0) is 52.1 Å². The zero-order valence-electron chi connectivity index (χ0n) is 32.9. The maximum absolute atomic E-state index is 6.07. The Kier molecular flexibility index (Phi) is 217. The van der Waals surface area contributed by atoms with Gasteiger partial charge in [-0.3, -0.25) is 0 Å². The van der Waals surface area contributed by atoms with Crippen LogP contribution in [0.5, 0.6) is 0 Å². The molecule has 0 aliphatic rings. The van der Waals surface area contributed by atoms with Crippen molar-refractivity contribution in [2.45, 2.75) is 292 Å². The monoisotopic (exact) mass is 1030 g/mol. The summed E-state index contributed by atoms with van der Waals surface area (Å²) in [5, 5.41) is 0. The molecule has 0 N–H and O–H groups in total. The second kappa shape index (κ2) is 108. The van der Waals surface area contributed by atoms with Crippen molar-refractivity contribution in [3.05, 3.63) is 0 Å². The van der Waals surface area contributed by atoms with Gasteiger partial charge in [-0.05, 0) is 51.4 Å². The lowest BCUT2D eigenvalue weighted by Crippen LogP contribution is -2.30. The van der Waals surface area contributed by atoms with Crippen LogP contribution >= 0.6 is 0 Å². The first kappa shape index (κ1) is 138. The Morgan fingerprint density at radius 3 is 0.449 bits per heavy atom. The third-order valence-corrected chi connectivity index (χ3v) is 8.35. The molecule has 0 unspecified atom stereocenters. The Bertz CT molecular complexity index is 539. The lowest BCUT2D eigenvalue weighted by atomic mass is 10.2. The highest BCUT2D eigenvalue weighted by Gasteiger charge is 2.14. The SMILES string of the molecule is C.C.C.C.C.C.C.C.C.C.C.C.C.C.C.C.C.C.C.C.CCC(CC)OCCOCC(COCCOC(CC)CC)OCCOCCOC(COCCOC(CC)CC)COCCOC(CC)CC. The first-order valence-corrected chi connectivity index (χ1v) is 19.6. The molecule has 0 radical (unpaired) electrons. The smallest absolute Gasteiger partial charge is 0.104 e. The second-order valence-corrected chi connectivity index (χ2v) is 12.1. The Hall–Kier alpha value is -0.440. The zero-order valence-corrected chi connectivity index (χ0v) is 32.9. The summed E-state index contributed by atoms with van der Waals surface area (Å²) >= 11 is 0. The molecule has 11 nitrogen and oxygen atoms in total. The van der Waals surface area contributed by atoms with E-state index in [0.29, 0.717) is 106 Å². The number of rotatable bonds is 40. The van der Waals surface area contributed by atoms with Gasteiger partial charge in [0.25, 0.3) is 0 Å². The number of ether oxygens (including phenoxy) is 11. The lowest BCUT2D eigenvalue weighted by Gasteiger charge is -2.21. The molecular weight excluding hydrogens is 873 g/mol. The third-order valence-electron chi connectivity index (χ3n) is 8.35. The van der Waals surface area contributed by atoms with E-state index in [4.69, 9.17) is 52.1 Å². The molecular formula is C58H158O11. The summed E-state index contributed by atoms with van der Waals surface area (Å²) in [6, 6.07) is 0. The van der Waals surface area contributed by atoms with Crippen molar-refractivity contribution in [1.82, 2.24) is 0 Å². The zero-order chi connectivity index (χ0) is 36.2. The first-order valence-electron chi connectivity index (χ1n) is 19.6. The van der Waals surface area contributed by atoms with Crippen LogP contribution in [0.3, 0.4) is 0 Å².